The molecule has 0 fully saturated rings. The standard InChI is InChI=1S/C24H37N9O4/c1-34-20-5-4-19(16-21(20)35-2)17-29-24-31-22(27-7-3-10-33-11-8-26-18-33)30-23(32-24)28-9-13-37-15-14-36-12-6-25/h4-5,8,11,16,18H,3,6-7,9-10,12-15,17,25H2,1-2H3,(H3,27,28,29,30,31,32). The average molecular weight is 516 g/mol. The molecule has 0 saturated carbocycles. The molecule has 0 atom stereocenters. The van der Waals surface area contributed by atoms with Gasteiger partial charge in [-0.15, -0.1) is 0 Å². The molecule has 2 aromatic heterocycles. The van der Waals surface area contributed by atoms with E-state index in [4.69, 9.17) is 24.7 Å². The summed E-state index contributed by atoms with van der Waals surface area (Å²) in [6, 6.07) is 5.74. The molecule has 37 heavy (non-hydrogen) atoms. The Morgan fingerprint density at radius 2 is 1.54 bits per heavy atom. The van der Waals surface area contributed by atoms with Gasteiger partial charge in [0.2, 0.25) is 17.8 Å². The quantitative estimate of drug-likeness (QED) is 0.171. The van der Waals surface area contributed by atoms with E-state index in [9.17, 15) is 0 Å². The molecule has 0 spiro atoms. The van der Waals surface area contributed by atoms with Crippen molar-refractivity contribution in [3.63, 3.8) is 0 Å². The molecular formula is C24H37N9O4. The monoisotopic (exact) mass is 515 g/mol. The molecule has 0 unspecified atom stereocenters. The summed E-state index contributed by atoms with van der Waals surface area (Å²) in [7, 11) is 3.22. The SMILES string of the molecule is COc1ccc(CNc2nc(NCCCn3ccnc3)nc(NCCOCCOCCN)n2)cc1OC. The number of aryl methyl sites for hydroxylation is 1. The maximum absolute atomic E-state index is 5.56. The smallest absolute Gasteiger partial charge is 0.229 e. The average Bonchev–Trinajstić information content (AvgIpc) is 3.45. The molecule has 0 saturated heterocycles. The summed E-state index contributed by atoms with van der Waals surface area (Å²) in [5.74, 6) is 2.71. The molecule has 3 rings (SSSR count). The molecular weight excluding hydrogens is 478 g/mol. The van der Waals surface area contributed by atoms with Crippen LogP contribution in [0.4, 0.5) is 17.8 Å². The maximum Gasteiger partial charge on any atom is 0.229 e. The molecule has 0 bridgehead atoms. The van der Waals surface area contributed by atoms with Crippen molar-refractivity contribution in [1.29, 1.82) is 0 Å². The third-order valence-electron chi connectivity index (χ3n) is 5.13. The van der Waals surface area contributed by atoms with Crippen molar-refractivity contribution in [1.82, 2.24) is 24.5 Å². The fourth-order valence-electron chi connectivity index (χ4n) is 3.31. The summed E-state index contributed by atoms with van der Waals surface area (Å²) >= 11 is 0. The van der Waals surface area contributed by atoms with Gasteiger partial charge in [0.1, 0.15) is 0 Å². The molecule has 1 aromatic carbocycles. The van der Waals surface area contributed by atoms with Crippen LogP contribution in [0.3, 0.4) is 0 Å². The Hall–Kier alpha value is -3.68. The molecule has 0 aliphatic carbocycles. The predicted octanol–water partition coefficient (Wildman–Crippen LogP) is 1.60. The molecule has 0 aliphatic rings. The number of benzene rings is 1. The van der Waals surface area contributed by atoms with E-state index in [0.29, 0.717) is 82.0 Å². The van der Waals surface area contributed by atoms with Gasteiger partial charge in [-0.3, -0.25) is 0 Å². The van der Waals surface area contributed by atoms with Gasteiger partial charge in [0.25, 0.3) is 0 Å². The van der Waals surface area contributed by atoms with Crippen molar-refractivity contribution < 1.29 is 18.9 Å². The van der Waals surface area contributed by atoms with E-state index < -0.39 is 0 Å². The zero-order chi connectivity index (χ0) is 26.1. The number of anilines is 3. The number of aromatic nitrogens is 5. The van der Waals surface area contributed by atoms with Crippen LogP contribution in [-0.4, -0.2) is 84.8 Å². The van der Waals surface area contributed by atoms with Crippen LogP contribution < -0.4 is 31.2 Å². The van der Waals surface area contributed by atoms with Gasteiger partial charge in [-0.2, -0.15) is 15.0 Å². The molecule has 5 N–H and O–H groups in total. The van der Waals surface area contributed by atoms with Crippen molar-refractivity contribution in [2.45, 2.75) is 19.5 Å². The highest BCUT2D eigenvalue weighted by Crippen LogP contribution is 2.27. The number of imidazole rings is 1. The molecule has 13 heteroatoms. The van der Waals surface area contributed by atoms with Gasteiger partial charge < -0.3 is 45.2 Å². The van der Waals surface area contributed by atoms with Crippen LogP contribution in [0.25, 0.3) is 0 Å². The van der Waals surface area contributed by atoms with Crippen molar-refractivity contribution >= 4 is 17.8 Å². The van der Waals surface area contributed by atoms with Crippen LogP contribution in [0, 0.1) is 0 Å². The van der Waals surface area contributed by atoms with Crippen LogP contribution in [0.15, 0.2) is 36.9 Å². The van der Waals surface area contributed by atoms with E-state index >= 15 is 0 Å². The number of hydrogen-bond acceptors (Lipinski definition) is 12. The minimum absolute atomic E-state index is 0.445. The summed E-state index contributed by atoms with van der Waals surface area (Å²) in [6.07, 6.45) is 6.39. The summed E-state index contributed by atoms with van der Waals surface area (Å²) < 4.78 is 23.6. The van der Waals surface area contributed by atoms with E-state index in [2.05, 4.69) is 35.9 Å². The maximum atomic E-state index is 5.56. The number of rotatable bonds is 19. The molecule has 0 radical (unpaired) electrons. The number of hydrogen-bond donors (Lipinski definition) is 4. The first-order valence-electron chi connectivity index (χ1n) is 12.2. The van der Waals surface area contributed by atoms with Crippen LogP contribution in [-0.2, 0) is 22.6 Å². The highest BCUT2D eigenvalue weighted by Gasteiger charge is 2.09. The van der Waals surface area contributed by atoms with Gasteiger partial charge in [-0.05, 0) is 24.1 Å². The lowest BCUT2D eigenvalue weighted by Gasteiger charge is -2.13. The van der Waals surface area contributed by atoms with Crippen molar-refractivity contribution in [3.05, 3.63) is 42.5 Å². The number of methoxy groups -OCH3 is 2. The van der Waals surface area contributed by atoms with E-state index in [0.717, 1.165) is 18.5 Å². The Morgan fingerprint density at radius 3 is 2.22 bits per heavy atom. The highest BCUT2D eigenvalue weighted by atomic mass is 16.5. The van der Waals surface area contributed by atoms with Gasteiger partial charge in [0.05, 0.1) is 47.0 Å². The Kier molecular flexibility index (Phi) is 12.2. The second kappa shape index (κ2) is 16.1. The normalized spacial score (nSPS) is 10.8. The van der Waals surface area contributed by atoms with Crippen LogP contribution in [0.5, 0.6) is 11.5 Å². The Balaban J connectivity index is 1.56. The first-order valence-corrected chi connectivity index (χ1v) is 12.2. The van der Waals surface area contributed by atoms with E-state index in [-0.39, 0.29) is 0 Å². The molecule has 0 aliphatic heterocycles. The number of nitrogens with two attached hydrogens (primary N) is 1. The summed E-state index contributed by atoms with van der Waals surface area (Å²) in [6.45, 7) is 5.11. The number of nitrogens with zero attached hydrogens (tertiary/aromatic N) is 5. The van der Waals surface area contributed by atoms with Crippen molar-refractivity contribution in [3.8, 4) is 11.5 Å². The number of nitrogens with one attached hydrogen (secondary N) is 3. The second-order valence-corrected chi connectivity index (χ2v) is 7.87. The third-order valence-corrected chi connectivity index (χ3v) is 5.13. The van der Waals surface area contributed by atoms with Crippen LogP contribution in [0.2, 0.25) is 0 Å². The fourth-order valence-corrected chi connectivity index (χ4v) is 3.31. The van der Waals surface area contributed by atoms with Gasteiger partial charge in [-0.1, -0.05) is 6.07 Å². The minimum atomic E-state index is 0.445. The number of ether oxygens (including phenoxy) is 4. The minimum Gasteiger partial charge on any atom is -0.493 e. The van der Waals surface area contributed by atoms with E-state index in [1.54, 1.807) is 26.7 Å². The lowest BCUT2D eigenvalue weighted by Crippen LogP contribution is -2.17. The van der Waals surface area contributed by atoms with Gasteiger partial charge in [0, 0.05) is 45.1 Å². The Morgan fingerprint density at radius 1 is 0.838 bits per heavy atom. The first-order chi connectivity index (χ1) is 18.2. The van der Waals surface area contributed by atoms with Crippen molar-refractivity contribution in [2.75, 3.05) is 76.2 Å². The summed E-state index contributed by atoms with van der Waals surface area (Å²) in [5.41, 5.74) is 6.39. The molecule has 202 valence electrons. The Labute approximate surface area is 217 Å². The molecule has 3 aromatic rings. The lowest BCUT2D eigenvalue weighted by atomic mass is 10.2. The van der Waals surface area contributed by atoms with Crippen molar-refractivity contribution in [2.24, 2.45) is 5.73 Å². The van der Waals surface area contributed by atoms with E-state index in [1.165, 1.54) is 0 Å². The molecule has 2 heterocycles. The Bertz CT molecular complexity index is 1040. The topological polar surface area (TPSA) is 156 Å². The zero-order valence-electron chi connectivity index (χ0n) is 21.5. The molecule has 13 nitrogen and oxygen atoms in total. The summed E-state index contributed by atoms with van der Waals surface area (Å²) in [5, 5.41) is 9.74. The predicted molar refractivity (Wildman–Crippen MR) is 141 cm³/mol. The van der Waals surface area contributed by atoms with Gasteiger partial charge >= 0.3 is 0 Å². The second-order valence-electron chi connectivity index (χ2n) is 7.87. The molecule has 0 amide bonds. The fraction of sp³-hybridized carbons (Fsp3) is 0.500. The largest absolute Gasteiger partial charge is 0.493 e. The third kappa shape index (κ3) is 10.1. The first kappa shape index (κ1) is 27.9. The van der Waals surface area contributed by atoms with Crippen LogP contribution >= 0.6 is 0 Å². The lowest BCUT2D eigenvalue weighted by molar-refractivity contribution is 0.0547. The van der Waals surface area contributed by atoms with E-state index in [1.807, 2.05) is 29.0 Å². The van der Waals surface area contributed by atoms with Crippen LogP contribution in [0.1, 0.15) is 12.0 Å². The highest BCUT2D eigenvalue weighted by molar-refractivity contribution is 5.45. The van der Waals surface area contributed by atoms with Gasteiger partial charge in [0.15, 0.2) is 11.5 Å². The summed E-state index contributed by atoms with van der Waals surface area (Å²) in [4.78, 5) is 17.6. The zero-order valence-corrected chi connectivity index (χ0v) is 21.5. The van der Waals surface area contributed by atoms with Gasteiger partial charge in [-0.25, -0.2) is 4.98 Å².